The number of nitrogens with zero attached hydrogens (tertiary/aromatic N) is 2. The summed E-state index contributed by atoms with van der Waals surface area (Å²) in [6.45, 7) is 1.26. The molecule has 0 radical (unpaired) electrons. The maximum absolute atomic E-state index is 11.5. The van der Waals surface area contributed by atoms with Crippen LogP contribution in [0.25, 0.3) is 10.9 Å². The molecule has 0 aliphatic carbocycles. The van der Waals surface area contributed by atoms with Crippen LogP contribution in [0.15, 0.2) is 17.1 Å². The SMILES string of the molecule is O=C1NCCn2c1cc1c(=O)[nH]ncc12. The van der Waals surface area contributed by atoms with Gasteiger partial charge in [-0.25, -0.2) is 5.10 Å². The maximum Gasteiger partial charge on any atom is 0.273 e. The Morgan fingerprint density at radius 2 is 2.27 bits per heavy atom. The zero-order valence-electron chi connectivity index (χ0n) is 7.78. The highest BCUT2D eigenvalue weighted by Crippen LogP contribution is 2.17. The maximum atomic E-state index is 11.5. The number of aromatic amines is 1. The Kier molecular flexibility index (Phi) is 1.47. The second-order valence-corrected chi connectivity index (χ2v) is 3.44. The summed E-state index contributed by atoms with van der Waals surface area (Å²) >= 11 is 0. The van der Waals surface area contributed by atoms with E-state index in [1.54, 1.807) is 12.3 Å². The van der Waals surface area contributed by atoms with Gasteiger partial charge in [0.25, 0.3) is 11.5 Å². The van der Waals surface area contributed by atoms with Crippen molar-refractivity contribution in [1.82, 2.24) is 20.1 Å². The normalized spacial score (nSPS) is 15.1. The molecule has 1 aliphatic heterocycles. The van der Waals surface area contributed by atoms with Crippen LogP contribution in [-0.2, 0) is 6.54 Å². The molecule has 3 rings (SSSR count). The van der Waals surface area contributed by atoms with Gasteiger partial charge < -0.3 is 9.88 Å². The molecule has 0 bridgehead atoms. The number of carbonyl (C=O) groups is 1. The van der Waals surface area contributed by atoms with Crippen molar-refractivity contribution in [2.45, 2.75) is 6.54 Å². The first-order valence-corrected chi connectivity index (χ1v) is 4.62. The molecule has 2 aromatic rings. The second-order valence-electron chi connectivity index (χ2n) is 3.44. The zero-order valence-corrected chi connectivity index (χ0v) is 7.78. The van der Waals surface area contributed by atoms with Gasteiger partial charge in [0.1, 0.15) is 5.69 Å². The highest BCUT2D eigenvalue weighted by Gasteiger charge is 2.20. The number of hydrogen-bond donors (Lipinski definition) is 2. The van der Waals surface area contributed by atoms with Crippen LogP contribution in [0.1, 0.15) is 10.5 Å². The zero-order chi connectivity index (χ0) is 10.4. The fourth-order valence-corrected chi connectivity index (χ4v) is 1.90. The highest BCUT2D eigenvalue weighted by atomic mass is 16.2. The summed E-state index contributed by atoms with van der Waals surface area (Å²) in [7, 11) is 0. The third-order valence-electron chi connectivity index (χ3n) is 2.59. The molecule has 0 unspecified atom stereocenters. The second kappa shape index (κ2) is 2.69. The molecule has 0 atom stereocenters. The van der Waals surface area contributed by atoms with Crippen LogP contribution in [-0.4, -0.2) is 27.2 Å². The lowest BCUT2D eigenvalue weighted by Gasteiger charge is -2.15. The highest BCUT2D eigenvalue weighted by molar-refractivity contribution is 5.99. The first-order chi connectivity index (χ1) is 7.27. The summed E-state index contributed by atoms with van der Waals surface area (Å²) in [5.74, 6) is -0.142. The fourth-order valence-electron chi connectivity index (χ4n) is 1.90. The number of carbonyl (C=O) groups excluding carboxylic acids is 1. The minimum Gasteiger partial charge on any atom is -0.349 e. The van der Waals surface area contributed by atoms with Crippen LogP contribution in [0.5, 0.6) is 0 Å². The van der Waals surface area contributed by atoms with E-state index in [1.165, 1.54) is 0 Å². The molecular formula is C9H8N4O2. The van der Waals surface area contributed by atoms with Gasteiger partial charge in [0.2, 0.25) is 0 Å². The summed E-state index contributed by atoms with van der Waals surface area (Å²) < 4.78 is 1.82. The van der Waals surface area contributed by atoms with E-state index in [9.17, 15) is 9.59 Å². The van der Waals surface area contributed by atoms with Gasteiger partial charge in [-0.15, -0.1) is 0 Å². The molecule has 6 heteroatoms. The van der Waals surface area contributed by atoms with Crippen molar-refractivity contribution >= 4 is 16.8 Å². The van der Waals surface area contributed by atoms with E-state index in [4.69, 9.17) is 0 Å². The molecule has 0 aromatic carbocycles. The van der Waals surface area contributed by atoms with E-state index in [-0.39, 0.29) is 11.5 Å². The molecule has 2 aromatic heterocycles. The summed E-state index contributed by atoms with van der Waals surface area (Å²) in [6, 6.07) is 1.60. The van der Waals surface area contributed by atoms with E-state index in [1.807, 2.05) is 4.57 Å². The van der Waals surface area contributed by atoms with Gasteiger partial charge in [0.05, 0.1) is 17.1 Å². The predicted molar refractivity (Wildman–Crippen MR) is 52.7 cm³/mol. The number of H-pyrrole nitrogens is 1. The van der Waals surface area contributed by atoms with Gasteiger partial charge in [-0.05, 0) is 6.07 Å². The molecule has 2 N–H and O–H groups in total. The molecule has 0 saturated heterocycles. The fraction of sp³-hybridized carbons (Fsp3) is 0.222. The Morgan fingerprint density at radius 1 is 1.40 bits per heavy atom. The number of nitrogens with one attached hydrogen (secondary N) is 2. The van der Waals surface area contributed by atoms with Crippen LogP contribution in [0.2, 0.25) is 0 Å². The third-order valence-corrected chi connectivity index (χ3v) is 2.59. The van der Waals surface area contributed by atoms with Crippen molar-refractivity contribution in [3.63, 3.8) is 0 Å². The lowest BCUT2D eigenvalue weighted by molar-refractivity contribution is 0.0929. The average molecular weight is 204 g/mol. The molecule has 0 fully saturated rings. The minimum atomic E-state index is -0.262. The third kappa shape index (κ3) is 1.01. The van der Waals surface area contributed by atoms with Gasteiger partial charge >= 0.3 is 0 Å². The van der Waals surface area contributed by atoms with E-state index < -0.39 is 0 Å². The predicted octanol–water partition coefficient (Wildman–Crippen LogP) is -0.532. The Morgan fingerprint density at radius 3 is 3.13 bits per heavy atom. The first-order valence-electron chi connectivity index (χ1n) is 4.62. The van der Waals surface area contributed by atoms with Crippen LogP contribution >= 0.6 is 0 Å². The quantitative estimate of drug-likeness (QED) is 0.605. The largest absolute Gasteiger partial charge is 0.349 e. The van der Waals surface area contributed by atoms with Crippen LogP contribution in [0.4, 0.5) is 0 Å². The van der Waals surface area contributed by atoms with Gasteiger partial charge in [0, 0.05) is 13.1 Å². The van der Waals surface area contributed by atoms with Crippen molar-refractivity contribution < 1.29 is 4.79 Å². The lowest BCUT2D eigenvalue weighted by Crippen LogP contribution is -2.34. The number of hydrogen-bond acceptors (Lipinski definition) is 3. The molecule has 6 nitrogen and oxygen atoms in total. The van der Waals surface area contributed by atoms with Crippen molar-refractivity contribution in [2.24, 2.45) is 0 Å². The molecule has 1 amide bonds. The summed E-state index contributed by atoms with van der Waals surface area (Å²) in [6.07, 6.45) is 1.57. The monoisotopic (exact) mass is 204 g/mol. The molecule has 15 heavy (non-hydrogen) atoms. The topological polar surface area (TPSA) is 79.8 Å². The number of fused-ring (bicyclic) bond motifs is 3. The van der Waals surface area contributed by atoms with Crippen molar-refractivity contribution in [3.8, 4) is 0 Å². The molecule has 0 saturated carbocycles. The van der Waals surface area contributed by atoms with E-state index in [0.29, 0.717) is 29.7 Å². The van der Waals surface area contributed by atoms with E-state index >= 15 is 0 Å². The first kappa shape index (κ1) is 8.22. The molecule has 0 spiro atoms. The standard InChI is InChI=1S/C9H8N4O2/c14-8-5-3-6-9(15)10-1-2-13(6)7(5)4-11-12-8/h3-4H,1-2H2,(H,10,15)(H,12,14). The van der Waals surface area contributed by atoms with Gasteiger partial charge in [-0.1, -0.05) is 0 Å². The lowest BCUT2D eigenvalue weighted by atomic mass is 10.3. The summed E-state index contributed by atoms with van der Waals surface area (Å²) in [4.78, 5) is 22.9. The van der Waals surface area contributed by atoms with Crippen molar-refractivity contribution in [3.05, 3.63) is 28.3 Å². The van der Waals surface area contributed by atoms with Gasteiger partial charge in [-0.2, -0.15) is 5.10 Å². The van der Waals surface area contributed by atoms with E-state index in [2.05, 4.69) is 15.5 Å². The smallest absolute Gasteiger partial charge is 0.273 e. The molecule has 1 aliphatic rings. The van der Waals surface area contributed by atoms with Crippen molar-refractivity contribution in [1.29, 1.82) is 0 Å². The van der Waals surface area contributed by atoms with Crippen molar-refractivity contribution in [2.75, 3.05) is 6.54 Å². The van der Waals surface area contributed by atoms with Gasteiger partial charge in [0.15, 0.2) is 0 Å². The number of aromatic nitrogens is 3. The summed E-state index contributed by atoms with van der Waals surface area (Å²) in [5, 5.41) is 9.31. The molecule has 3 heterocycles. The Bertz CT molecular complexity index is 610. The Balaban J connectivity index is 2.45. The number of rotatable bonds is 0. The van der Waals surface area contributed by atoms with Crippen LogP contribution < -0.4 is 10.9 Å². The Hall–Kier alpha value is -2.11. The number of amides is 1. The Labute approximate surface area is 83.9 Å². The molecular weight excluding hydrogens is 196 g/mol. The van der Waals surface area contributed by atoms with Crippen LogP contribution in [0.3, 0.4) is 0 Å². The summed E-state index contributed by atoms with van der Waals surface area (Å²) in [5.41, 5.74) is 0.973. The van der Waals surface area contributed by atoms with E-state index in [0.717, 1.165) is 0 Å². The average Bonchev–Trinajstić information content (AvgIpc) is 2.60. The minimum absolute atomic E-state index is 0.142. The van der Waals surface area contributed by atoms with Gasteiger partial charge in [-0.3, -0.25) is 9.59 Å². The molecule has 76 valence electrons. The van der Waals surface area contributed by atoms with Crippen LogP contribution in [0, 0.1) is 0 Å².